The van der Waals surface area contributed by atoms with Crippen LogP contribution in [-0.4, -0.2) is 35.1 Å². The molecule has 2 aromatic carbocycles. The average Bonchev–Trinajstić information content (AvgIpc) is 3.14. The molecule has 2 aliphatic heterocycles. The zero-order chi connectivity index (χ0) is 26.4. The van der Waals surface area contributed by atoms with Gasteiger partial charge in [0, 0.05) is 34.9 Å². The topological polar surface area (TPSA) is 51.7 Å². The van der Waals surface area contributed by atoms with Crippen molar-refractivity contribution in [2.75, 3.05) is 13.1 Å². The molecule has 5 nitrogen and oxygen atoms in total. The maximum Gasteiger partial charge on any atom is 0.573 e. The number of hydrogen-bond acceptors (Lipinski definition) is 5. The van der Waals surface area contributed by atoms with E-state index in [1.54, 1.807) is 12.3 Å². The van der Waals surface area contributed by atoms with Crippen molar-refractivity contribution in [2.45, 2.75) is 43.9 Å². The van der Waals surface area contributed by atoms with Crippen LogP contribution in [0.4, 0.5) is 13.2 Å². The van der Waals surface area contributed by atoms with Crippen molar-refractivity contribution in [1.82, 2.24) is 9.88 Å². The zero-order valence-electron chi connectivity index (χ0n) is 19.8. The molecule has 37 heavy (non-hydrogen) atoms. The maximum absolute atomic E-state index is 12.6. The fraction of sp³-hybridized carbons (Fsp3) is 0.333. The summed E-state index contributed by atoms with van der Waals surface area (Å²) in [7, 11) is 0. The van der Waals surface area contributed by atoms with E-state index < -0.39 is 18.0 Å². The fourth-order valence-corrected chi connectivity index (χ4v) is 5.92. The number of carbonyl (C=O) groups excluding carboxylic acids is 1. The molecule has 2 atom stereocenters. The number of hydrogen-bond donors (Lipinski definition) is 0. The van der Waals surface area contributed by atoms with Gasteiger partial charge in [-0.15, -0.1) is 13.2 Å². The number of likely N-dealkylation sites (tertiary alicyclic amines) is 1. The summed E-state index contributed by atoms with van der Waals surface area (Å²) >= 11 is 12.5. The minimum absolute atomic E-state index is 0.0993. The Kier molecular flexibility index (Phi) is 6.96. The smallest absolute Gasteiger partial charge is 0.406 e. The van der Waals surface area contributed by atoms with E-state index in [0.29, 0.717) is 41.5 Å². The van der Waals surface area contributed by atoms with Gasteiger partial charge in [-0.25, -0.2) is 0 Å². The first kappa shape index (κ1) is 26.0. The van der Waals surface area contributed by atoms with Crippen molar-refractivity contribution in [3.05, 3.63) is 93.2 Å². The third-order valence-corrected chi connectivity index (χ3v) is 7.31. The van der Waals surface area contributed by atoms with Crippen LogP contribution in [0.2, 0.25) is 10.0 Å². The summed E-state index contributed by atoms with van der Waals surface area (Å²) in [5.41, 5.74) is 2.63. The first-order valence-corrected chi connectivity index (χ1v) is 12.5. The lowest BCUT2D eigenvalue weighted by atomic mass is 9.85. The normalized spacial score (nSPS) is 20.0. The highest BCUT2D eigenvalue weighted by Gasteiger charge is 2.49. The van der Waals surface area contributed by atoms with Crippen LogP contribution in [0.3, 0.4) is 0 Å². The summed E-state index contributed by atoms with van der Waals surface area (Å²) in [5.74, 6) is -0.428. The van der Waals surface area contributed by atoms with E-state index >= 15 is 0 Å². The molecule has 2 unspecified atom stereocenters. The molecule has 0 aliphatic carbocycles. The van der Waals surface area contributed by atoms with E-state index in [1.807, 2.05) is 29.2 Å². The third kappa shape index (κ3) is 5.34. The highest BCUT2D eigenvalue weighted by atomic mass is 35.5. The molecule has 0 bridgehead atoms. The second-order valence-electron chi connectivity index (χ2n) is 9.30. The van der Waals surface area contributed by atoms with E-state index in [2.05, 4.69) is 9.72 Å². The molecule has 0 saturated carbocycles. The molecule has 0 radical (unpaired) electrons. The van der Waals surface area contributed by atoms with Gasteiger partial charge in [-0.05, 0) is 67.3 Å². The van der Waals surface area contributed by atoms with Crippen LogP contribution in [0, 0.1) is 0 Å². The number of nitrogens with zero attached hydrogens (tertiary/aromatic N) is 2. The zero-order valence-corrected chi connectivity index (χ0v) is 21.3. The van der Waals surface area contributed by atoms with Crippen LogP contribution < -0.4 is 4.74 Å². The maximum atomic E-state index is 12.6. The second kappa shape index (κ2) is 9.91. The highest BCUT2D eigenvalue weighted by Crippen LogP contribution is 2.51. The summed E-state index contributed by atoms with van der Waals surface area (Å²) in [6.07, 6.45) is -2.24. The Bertz CT molecular complexity index is 1290. The summed E-state index contributed by atoms with van der Waals surface area (Å²) < 4.78 is 48.3. The monoisotopic (exact) mass is 550 g/mol. The number of aromatic nitrogens is 1. The number of halogens is 5. The van der Waals surface area contributed by atoms with Crippen molar-refractivity contribution in [1.29, 1.82) is 0 Å². The molecule has 0 N–H and O–H groups in total. The van der Waals surface area contributed by atoms with E-state index in [0.717, 1.165) is 16.8 Å². The molecule has 1 aromatic heterocycles. The Morgan fingerprint density at radius 3 is 2.35 bits per heavy atom. The summed E-state index contributed by atoms with van der Waals surface area (Å²) in [6, 6.07) is 14.1. The van der Waals surface area contributed by atoms with Gasteiger partial charge >= 0.3 is 6.36 Å². The summed E-state index contributed by atoms with van der Waals surface area (Å²) in [6.45, 7) is 2.55. The van der Waals surface area contributed by atoms with Gasteiger partial charge in [0.25, 0.3) is 0 Å². The number of Topliss-reactive ketones (excluding diaryl/α,β-unsaturated/α-hetero) is 1. The molecule has 1 fully saturated rings. The predicted octanol–water partition coefficient (Wildman–Crippen LogP) is 7.03. The van der Waals surface area contributed by atoms with E-state index in [9.17, 15) is 18.0 Å². The summed E-state index contributed by atoms with van der Waals surface area (Å²) in [5, 5.41) is 1.03. The Labute approximate surface area is 222 Å². The first-order chi connectivity index (χ1) is 17.5. The van der Waals surface area contributed by atoms with Crippen LogP contribution >= 0.6 is 23.2 Å². The van der Waals surface area contributed by atoms with E-state index in [1.165, 1.54) is 31.2 Å². The molecule has 3 heterocycles. The second-order valence-corrected chi connectivity index (χ2v) is 10.2. The lowest BCUT2D eigenvalue weighted by molar-refractivity contribution is -0.274. The van der Waals surface area contributed by atoms with Gasteiger partial charge in [-0.1, -0.05) is 41.4 Å². The number of piperidine rings is 1. The quantitative estimate of drug-likeness (QED) is 0.341. The van der Waals surface area contributed by atoms with E-state index in [-0.39, 0.29) is 17.6 Å². The number of alkyl halides is 3. The van der Waals surface area contributed by atoms with Crippen LogP contribution in [-0.2, 0) is 15.1 Å². The van der Waals surface area contributed by atoms with Gasteiger partial charge < -0.3 is 9.47 Å². The Hall–Kier alpha value is -2.65. The molecule has 3 aromatic rings. The van der Waals surface area contributed by atoms with Gasteiger partial charge in [0.15, 0.2) is 5.78 Å². The van der Waals surface area contributed by atoms with Crippen molar-refractivity contribution in [3.8, 4) is 5.75 Å². The minimum atomic E-state index is -4.78. The lowest BCUT2D eigenvalue weighted by Gasteiger charge is -2.41. The largest absolute Gasteiger partial charge is 0.573 e. The lowest BCUT2D eigenvalue weighted by Crippen LogP contribution is -2.46. The van der Waals surface area contributed by atoms with Crippen LogP contribution in [0.25, 0.3) is 0 Å². The number of ketones is 1. The molecular formula is C27H23Cl2F3N2O3. The van der Waals surface area contributed by atoms with Crippen LogP contribution in [0.5, 0.6) is 5.75 Å². The Morgan fingerprint density at radius 1 is 1.11 bits per heavy atom. The number of fused-ring (bicyclic) bond motifs is 2. The molecule has 2 aliphatic rings. The number of ether oxygens (including phenoxy) is 2. The molecule has 10 heteroatoms. The van der Waals surface area contributed by atoms with Crippen LogP contribution in [0.15, 0.2) is 60.8 Å². The average molecular weight is 551 g/mol. The first-order valence-electron chi connectivity index (χ1n) is 11.7. The van der Waals surface area contributed by atoms with Crippen molar-refractivity contribution in [2.24, 2.45) is 0 Å². The van der Waals surface area contributed by atoms with Crippen molar-refractivity contribution in [3.63, 3.8) is 0 Å². The van der Waals surface area contributed by atoms with Crippen molar-refractivity contribution < 1.29 is 27.4 Å². The molecule has 1 spiro atoms. The molecule has 5 rings (SSSR count). The standard InChI is InChI=1S/C27H23Cl2F3N2O3/c1-16(35)23(17-4-6-21(7-5-17)36-27(30,31)32)34-11-8-26(9-12-34)25-22(3-2-10-33-25)24(37-26)18-13-19(28)15-20(29)14-18/h2-7,10,13-15,23-24H,8-9,11-12H2,1H3. The van der Waals surface area contributed by atoms with Gasteiger partial charge in [0.1, 0.15) is 17.5 Å². The molecule has 1 saturated heterocycles. The molecule has 0 amide bonds. The fourth-order valence-electron chi connectivity index (χ4n) is 5.38. The van der Waals surface area contributed by atoms with Gasteiger partial charge in [-0.2, -0.15) is 0 Å². The van der Waals surface area contributed by atoms with Crippen LogP contribution in [0.1, 0.15) is 54.3 Å². The number of rotatable bonds is 5. The van der Waals surface area contributed by atoms with Gasteiger partial charge in [-0.3, -0.25) is 14.7 Å². The van der Waals surface area contributed by atoms with E-state index in [4.69, 9.17) is 27.9 Å². The Balaban J connectivity index is 1.37. The molecule has 194 valence electrons. The Morgan fingerprint density at radius 2 is 1.76 bits per heavy atom. The number of pyridine rings is 1. The summed E-state index contributed by atoms with van der Waals surface area (Å²) in [4.78, 5) is 19.4. The number of benzene rings is 2. The SMILES string of the molecule is CC(=O)C(c1ccc(OC(F)(F)F)cc1)N1CCC2(CC1)OC(c1cc(Cl)cc(Cl)c1)c1cccnc12. The molecular weight excluding hydrogens is 528 g/mol. The number of carbonyl (C=O) groups is 1. The highest BCUT2D eigenvalue weighted by molar-refractivity contribution is 6.34. The van der Waals surface area contributed by atoms with Gasteiger partial charge in [0.05, 0.1) is 11.7 Å². The predicted molar refractivity (Wildman–Crippen MR) is 133 cm³/mol. The minimum Gasteiger partial charge on any atom is -0.406 e. The van der Waals surface area contributed by atoms with Crippen molar-refractivity contribution >= 4 is 29.0 Å². The van der Waals surface area contributed by atoms with Gasteiger partial charge in [0.2, 0.25) is 0 Å². The third-order valence-electron chi connectivity index (χ3n) is 6.87.